The molecule has 0 aliphatic rings. The molecule has 0 unspecified atom stereocenters. The van der Waals surface area contributed by atoms with E-state index in [0.717, 1.165) is 22.1 Å². The van der Waals surface area contributed by atoms with Crippen molar-refractivity contribution in [3.8, 4) is 0 Å². The van der Waals surface area contributed by atoms with E-state index in [2.05, 4.69) is 10.3 Å². The third-order valence-corrected chi connectivity index (χ3v) is 5.82. The number of aromatic nitrogens is 2. The molecule has 1 N–H and O–H groups in total. The van der Waals surface area contributed by atoms with Gasteiger partial charge in [-0.15, -0.1) is 11.3 Å². The van der Waals surface area contributed by atoms with Gasteiger partial charge in [-0.3, -0.25) is 14.2 Å². The number of carbonyl (C=O) groups is 2. The molecular formula is C21H17N3O4S. The average molecular weight is 407 g/mol. The Balaban J connectivity index is 1.60. The minimum absolute atomic E-state index is 0.183. The fraction of sp³-hybridized carbons (Fsp3) is 0.143. The summed E-state index contributed by atoms with van der Waals surface area (Å²) in [6.45, 7) is 1.49. The van der Waals surface area contributed by atoms with Gasteiger partial charge in [0, 0.05) is 5.69 Å². The van der Waals surface area contributed by atoms with Crippen LogP contribution in [0.1, 0.15) is 15.2 Å². The Hall–Kier alpha value is -3.52. The van der Waals surface area contributed by atoms with Crippen LogP contribution in [0.4, 0.5) is 5.69 Å². The van der Waals surface area contributed by atoms with Crippen molar-refractivity contribution in [3.63, 3.8) is 0 Å². The van der Waals surface area contributed by atoms with Gasteiger partial charge in [0.15, 0.2) is 0 Å². The lowest BCUT2D eigenvalue weighted by Crippen LogP contribution is -2.27. The van der Waals surface area contributed by atoms with Gasteiger partial charge < -0.3 is 10.1 Å². The lowest BCUT2D eigenvalue weighted by Gasteiger charge is -2.08. The lowest BCUT2D eigenvalue weighted by atomic mass is 10.1. The van der Waals surface area contributed by atoms with E-state index in [1.807, 2.05) is 42.5 Å². The fourth-order valence-electron chi connectivity index (χ4n) is 3.18. The van der Waals surface area contributed by atoms with Crippen LogP contribution in [0.3, 0.4) is 0 Å². The predicted octanol–water partition coefficient (Wildman–Crippen LogP) is 3.34. The van der Waals surface area contributed by atoms with E-state index >= 15 is 0 Å². The highest BCUT2D eigenvalue weighted by Crippen LogP contribution is 2.27. The zero-order chi connectivity index (χ0) is 20.5. The van der Waals surface area contributed by atoms with Crippen molar-refractivity contribution in [2.24, 2.45) is 0 Å². The largest absolute Gasteiger partial charge is 0.465 e. The van der Waals surface area contributed by atoms with Crippen LogP contribution in [0, 0.1) is 6.92 Å². The van der Waals surface area contributed by atoms with Gasteiger partial charge in [0.2, 0.25) is 5.91 Å². The first kappa shape index (κ1) is 18.8. The number of benzene rings is 2. The molecule has 0 saturated heterocycles. The molecule has 0 saturated carbocycles. The molecule has 0 fully saturated rings. The summed E-state index contributed by atoms with van der Waals surface area (Å²) in [4.78, 5) is 42.2. The molecular weight excluding hydrogens is 390 g/mol. The van der Waals surface area contributed by atoms with E-state index in [1.54, 1.807) is 6.92 Å². The van der Waals surface area contributed by atoms with E-state index in [9.17, 15) is 14.4 Å². The van der Waals surface area contributed by atoms with Crippen LogP contribution in [-0.4, -0.2) is 28.5 Å². The van der Waals surface area contributed by atoms with Crippen molar-refractivity contribution in [1.29, 1.82) is 0 Å². The first-order valence-electron chi connectivity index (χ1n) is 8.83. The van der Waals surface area contributed by atoms with Gasteiger partial charge in [-0.1, -0.05) is 30.3 Å². The van der Waals surface area contributed by atoms with E-state index in [1.165, 1.54) is 18.0 Å². The Labute approximate surface area is 169 Å². The van der Waals surface area contributed by atoms with E-state index in [0.29, 0.717) is 26.3 Å². The van der Waals surface area contributed by atoms with Crippen LogP contribution < -0.4 is 10.9 Å². The third kappa shape index (κ3) is 3.50. The van der Waals surface area contributed by atoms with Crippen molar-refractivity contribution in [2.45, 2.75) is 13.5 Å². The Bertz CT molecular complexity index is 1320. The first-order chi connectivity index (χ1) is 14.0. The predicted molar refractivity (Wildman–Crippen MR) is 113 cm³/mol. The summed E-state index contributed by atoms with van der Waals surface area (Å²) >= 11 is 1.10. The topological polar surface area (TPSA) is 90.3 Å². The smallest absolute Gasteiger partial charge is 0.348 e. The van der Waals surface area contributed by atoms with Crippen LogP contribution in [0.25, 0.3) is 21.0 Å². The lowest BCUT2D eigenvalue weighted by molar-refractivity contribution is -0.116. The second-order valence-corrected chi connectivity index (χ2v) is 7.51. The summed E-state index contributed by atoms with van der Waals surface area (Å²) in [6, 6.07) is 13.5. The van der Waals surface area contributed by atoms with Crippen LogP contribution in [0.15, 0.2) is 53.6 Å². The molecule has 0 aliphatic carbocycles. The maximum Gasteiger partial charge on any atom is 0.348 e. The Morgan fingerprint density at radius 2 is 1.93 bits per heavy atom. The van der Waals surface area contributed by atoms with Gasteiger partial charge in [0.25, 0.3) is 5.56 Å². The number of esters is 1. The molecule has 0 bridgehead atoms. The molecule has 0 aliphatic heterocycles. The summed E-state index contributed by atoms with van der Waals surface area (Å²) < 4.78 is 5.98. The molecule has 4 aromatic rings. The molecule has 29 heavy (non-hydrogen) atoms. The molecule has 4 rings (SSSR count). The van der Waals surface area contributed by atoms with Crippen LogP contribution >= 0.6 is 11.3 Å². The van der Waals surface area contributed by atoms with Gasteiger partial charge in [-0.2, -0.15) is 0 Å². The molecule has 146 valence electrons. The average Bonchev–Trinajstić information content (AvgIpc) is 3.06. The Morgan fingerprint density at radius 1 is 1.17 bits per heavy atom. The normalized spacial score (nSPS) is 11.0. The third-order valence-electron chi connectivity index (χ3n) is 4.64. The Kier molecular flexibility index (Phi) is 4.85. The number of carbonyl (C=O) groups excluding carboxylic acids is 2. The minimum atomic E-state index is -0.509. The van der Waals surface area contributed by atoms with Gasteiger partial charge in [0.1, 0.15) is 16.3 Å². The van der Waals surface area contributed by atoms with Crippen molar-refractivity contribution in [3.05, 3.63) is 69.6 Å². The van der Waals surface area contributed by atoms with E-state index in [-0.39, 0.29) is 18.0 Å². The molecule has 8 heteroatoms. The molecule has 2 aromatic heterocycles. The molecule has 7 nitrogen and oxygen atoms in total. The number of hydrogen-bond donors (Lipinski definition) is 1. The van der Waals surface area contributed by atoms with Crippen LogP contribution in [0.5, 0.6) is 0 Å². The zero-order valence-corrected chi connectivity index (χ0v) is 16.6. The van der Waals surface area contributed by atoms with Crippen molar-refractivity contribution >= 4 is 49.9 Å². The number of hydrogen-bond acceptors (Lipinski definition) is 6. The molecule has 0 radical (unpaired) electrons. The van der Waals surface area contributed by atoms with Gasteiger partial charge in [0.05, 0.1) is 18.8 Å². The van der Waals surface area contributed by atoms with Gasteiger partial charge in [-0.25, -0.2) is 9.78 Å². The summed E-state index contributed by atoms with van der Waals surface area (Å²) in [5.41, 5.74) is 0.793. The highest BCUT2D eigenvalue weighted by atomic mass is 32.1. The van der Waals surface area contributed by atoms with Crippen molar-refractivity contribution in [2.75, 3.05) is 12.4 Å². The maximum atomic E-state index is 12.8. The summed E-state index contributed by atoms with van der Waals surface area (Å²) in [7, 11) is 1.29. The highest BCUT2D eigenvalue weighted by Gasteiger charge is 2.20. The number of rotatable bonds is 4. The molecule has 2 aromatic carbocycles. The number of methoxy groups -OCH3 is 1. The summed E-state index contributed by atoms with van der Waals surface area (Å²) in [6.07, 6.45) is 1.32. The minimum Gasteiger partial charge on any atom is -0.465 e. The van der Waals surface area contributed by atoms with Gasteiger partial charge in [-0.05, 0) is 35.4 Å². The Morgan fingerprint density at radius 3 is 2.69 bits per heavy atom. The quantitative estimate of drug-likeness (QED) is 0.524. The molecule has 2 heterocycles. The second-order valence-electron chi connectivity index (χ2n) is 6.52. The number of ether oxygens (including phenoxy) is 1. The molecule has 0 atom stereocenters. The number of nitrogens with zero attached hydrogens (tertiary/aromatic N) is 2. The standard InChI is InChI=1S/C21H17N3O4S/c1-12-17-19(29-18(12)21(27)28-2)22-11-24(20(17)26)10-16(25)23-15-8-7-13-5-3-4-6-14(13)9-15/h3-9,11H,10H2,1-2H3,(H,23,25). The summed E-state index contributed by atoms with van der Waals surface area (Å²) in [5.74, 6) is -0.852. The number of nitrogens with one attached hydrogen (secondary N) is 1. The van der Waals surface area contributed by atoms with Crippen molar-refractivity contribution in [1.82, 2.24) is 9.55 Å². The van der Waals surface area contributed by atoms with Crippen LogP contribution in [-0.2, 0) is 16.1 Å². The second kappa shape index (κ2) is 7.48. The number of aryl methyl sites for hydroxylation is 1. The van der Waals surface area contributed by atoms with Gasteiger partial charge >= 0.3 is 5.97 Å². The zero-order valence-electron chi connectivity index (χ0n) is 15.8. The first-order valence-corrected chi connectivity index (χ1v) is 9.65. The van der Waals surface area contributed by atoms with E-state index < -0.39 is 5.97 Å². The maximum absolute atomic E-state index is 12.8. The monoisotopic (exact) mass is 407 g/mol. The fourth-order valence-corrected chi connectivity index (χ4v) is 4.24. The van der Waals surface area contributed by atoms with Crippen molar-refractivity contribution < 1.29 is 14.3 Å². The number of anilines is 1. The SMILES string of the molecule is COC(=O)c1sc2ncn(CC(=O)Nc3ccc4ccccc4c3)c(=O)c2c1C. The number of amides is 1. The van der Waals surface area contributed by atoms with E-state index in [4.69, 9.17) is 4.74 Å². The van der Waals surface area contributed by atoms with Crippen LogP contribution in [0.2, 0.25) is 0 Å². The summed E-state index contributed by atoms with van der Waals surface area (Å²) in [5, 5.41) is 5.22. The highest BCUT2D eigenvalue weighted by molar-refractivity contribution is 7.20. The number of thiophene rings is 1. The number of fused-ring (bicyclic) bond motifs is 2. The molecule has 0 spiro atoms. The molecule has 1 amide bonds.